The number of benzene rings is 1. The van der Waals surface area contributed by atoms with Gasteiger partial charge in [0.2, 0.25) is 5.91 Å². The van der Waals surface area contributed by atoms with E-state index in [0.717, 1.165) is 10.4 Å². The molecule has 28 heavy (non-hydrogen) atoms. The summed E-state index contributed by atoms with van der Waals surface area (Å²) < 4.78 is 18.3. The number of aryl methyl sites for hydroxylation is 1. The Kier molecular flexibility index (Phi) is 6.90. The van der Waals surface area contributed by atoms with Crippen molar-refractivity contribution in [3.8, 4) is 0 Å². The minimum atomic E-state index is -1.04. The number of anilines is 1. The average molecular weight is 406 g/mol. The highest BCUT2D eigenvalue weighted by molar-refractivity contribution is 7.16. The Balaban J connectivity index is 2.06. The maximum Gasteiger partial charge on any atom is 0.342 e. The SMILES string of the molecule is CC(=O)Nc1sc(C)c(C)c1C(=O)O[C@H](C)C(=O)N[C@H](C)c1ccc(F)cc1. The molecule has 0 unspecified atom stereocenters. The summed E-state index contributed by atoms with van der Waals surface area (Å²) in [6.07, 6.45) is -1.04. The van der Waals surface area contributed by atoms with Crippen LogP contribution in [0.3, 0.4) is 0 Å². The zero-order valence-electron chi connectivity index (χ0n) is 16.4. The van der Waals surface area contributed by atoms with Gasteiger partial charge < -0.3 is 15.4 Å². The first kappa shape index (κ1) is 21.6. The lowest BCUT2D eigenvalue weighted by Crippen LogP contribution is -2.37. The second-order valence-electron chi connectivity index (χ2n) is 6.50. The molecule has 1 heterocycles. The molecule has 150 valence electrons. The lowest BCUT2D eigenvalue weighted by atomic mass is 10.1. The van der Waals surface area contributed by atoms with Crippen LogP contribution in [0.25, 0.3) is 0 Å². The van der Waals surface area contributed by atoms with E-state index in [9.17, 15) is 18.8 Å². The Hall–Kier alpha value is -2.74. The largest absolute Gasteiger partial charge is 0.449 e. The van der Waals surface area contributed by atoms with Crippen molar-refractivity contribution in [3.63, 3.8) is 0 Å². The Morgan fingerprint density at radius 3 is 2.29 bits per heavy atom. The fourth-order valence-electron chi connectivity index (χ4n) is 2.56. The number of carbonyl (C=O) groups excluding carboxylic acids is 3. The van der Waals surface area contributed by atoms with Crippen LogP contribution in [-0.4, -0.2) is 23.9 Å². The molecule has 2 amide bonds. The molecule has 0 fully saturated rings. The van der Waals surface area contributed by atoms with Crippen LogP contribution >= 0.6 is 11.3 Å². The van der Waals surface area contributed by atoms with Crippen LogP contribution in [0.15, 0.2) is 24.3 Å². The number of thiophene rings is 1. The second-order valence-corrected chi connectivity index (χ2v) is 7.72. The molecule has 6 nitrogen and oxygen atoms in total. The van der Waals surface area contributed by atoms with E-state index in [-0.39, 0.29) is 23.3 Å². The molecule has 0 spiro atoms. The number of nitrogens with one attached hydrogen (secondary N) is 2. The minimum Gasteiger partial charge on any atom is -0.449 e. The summed E-state index contributed by atoms with van der Waals surface area (Å²) in [7, 11) is 0. The van der Waals surface area contributed by atoms with Gasteiger partial charge in [0, 0.05) is 11.8 Å². The van der Waals surface area contributed by atoms with E-state index in [1.54, 1.807) is 26.0 Å². The van der Waals surface area contributed by atoms with Crippen LogP contribution in [-0.2, 0) is 14.3 Å². The number of hydrogen-bond donors (Lipinski definition) is 2. The average Bonchev–Trinajstić information content (AvgIpc) is 2.88. The first-order valence-corrected chi connectivity index (χ1v) is 9.56. The van der Waals surface area contributed by atoms with Gasteiger partial charge >= 0.3 is 5.97 Å². The van der Waals surface area contributed by atoms with Gasteiger partial charge in [-0.3, -0.25) is 9.59 Å². The molecule has 0 aliphatic rings. The molecule has 0 radical (unpaired) electrons. The van der Waals surface area contributed by atoms with Crippen molar-refractivity contribution >= 4 is 34.1 Å². The minimum absolute atomic E-state index is 0.254. The van der Waals surface area contributed by atoms with Crippen LogP contribution in [0.4, 0.5) is 9.39 Å². The van der Waals surface area contributed by atoms with Gasteiger partial charge in [0.15, 0.2) is 6.10 Å². The number of carbonyl (C=O) groups is 3. The zero-order chi connectivity index (χ0) is 21.0. The third kappa shape index (κ3) is 5.16. The fourth-order valence-corrected chi connectivity index (χ4v) is 3.65. The molecule has 0 bridgehead atoms. The van der Waals surface area contributed by atoms with Gasteiger partial charge in [-0.25, -0.2) is 9.18 Å². The van der Waals surface area contributed by atoms with E-state index in [2.05, 4.69) is 10.6 Å². The highest BCUT2D eigenvalue weighted by atomic mass is 32.1. The topological polar surface area (TPSA) is 84.5 Å². The molecule has 2 N–H and O–H groups in total. The van der Waals surface area contributed by atoms with Crippen molar-refractivity contribution in [2.45, 2.75) is 46.8 Å². The van der Waals surface area contributed by atoms with Gasteiger partial charge in [-0.2, -0.15) is 0 Å². The maximum atomic E-state index is 13.0. The first-order valence-electron chi connectivity index (χ1n) is 8.74. The molecule has 1 aromatic heterocycles. The van der Waals surface area contributed by atoms with Crippen molar-refractivity contribution in [1.82, 2.24) is 5.32 Å². The highest BCUT2D eigenvalue weighted by Gasteiger charge is 2.26. The van der Waals surface area contributed by atoms with Gasteiger partial charge in [-0.05, 0) is 51.0 Å². The van der Waals surface area contributed by atoms with Crippen LogP contribution in [0.5, 0.6) is 0 Å². The second kappa shape index (κ2) is 8.97. The van der Waals surface area contributed by atoms with Crippen LogP contribution in [0.1, 0.15) is 53.2 Å². The van der Waals surface area contributed by atoms with E-state index >= 15 is 0 Å². The van der Waals surface area contributed by atoms with E-state index in [4.69, 9.17) is 4.74 Å². The monoisotopic (exact) mass is 406 g/mol. The zero-order valence-corrected chi connectivity index (χ0v) is 17.2. The molecule has 0 saturated heterocycles. The molecular formula is C20H23FN2O4S. The highest BCUT2D eigenvalue weighted by Crippen LogP contribution is 2.33. The maximum absolute atomic E-state index is 13.0. The third-order valence-electron chi connectivity index (χ3n) is 4.26. The van der Waals surface area contributed by atoms with E-state index in [0.29, 0.717) is 10.6 Å². The molecule has 0 saturated carbocycles. The normalized spacial score (nSPS) is 12.8. The van der Waals surface area contributed by atoms with Gasteiger partial charge in [-0.15, -0.1) is 11.3 Å². The molecule has 2 rings (SSSR count). The summed E-state index contributed by atoms with van der Waals surface area (Å²) in [5.74, 6) is -1.81. The fraction of sp³-hybridized carbons (Fsp3) is 0.350. The summed E-state index contributed by atoms with van der Waals surface area (Å²) in [5, 5.41) is 5.76. The van der Waals surface area contributed by atoms with Crippen LogP contribution in [0.2, 0.25) is 0 Å². The Morgan fingerprint density at radius 2 is 1.71 bits per heavy atom. The summed E-state index contributed by atoms with van der Waals surface area (Å²) >= 11 is 1.28. The van der Waals surface area contributed by atoms with Crippen molar-refractivity contribution < 1.29 is 23.5 Å². The summed E-state index contributed by atoms with van der Waals surface area (Å²) in [5.41, 5.74) is 1.68. The molecular weight excluding hydrogens is 383 g/mol. The van der Waals surface area contributed by atoms with E-state index < -0.39 is 18.0 Å². The van der Waals surface area contributed by atoms with E-state index in [1.807, 2.05) is 6.92 Å². The number of amides is 2. The molecule has 1 aromatic carbocycles. The molecule has 8 heteroatoms. The Labute approximate surface area is 167 Å². The first-order chi connectivity index (χ1) is 13.1. The molecule has 2 aromatic rings. The summed E-state index contributed by atoms with van der Waals surface area (Å²) in [6, 6.07) is 5.40. The van der Waals surface area contributed by atoms with Gasteiger partial charge in [0.25, 0.3) is 5.91 Å². The summed E-state index contributed by atoms with van der Waals surface area (Å²) in [4.78, 5) is 37.2. The smallest absolute Gasteiger partial charge is 0.342 e. The lowest BCUT2D eigenvalue weighted by molar-refractivity contribution is -0.129. The molecule has 0 aliphatic carbocycles. The Bertz CT molecular complexity index is 892. The van der Waals surface area contributed by atoms with Gasteiger partial charge in [-0.1, -0.05) is 12.1 Å². The number of ether oxygens (including phenoxy) is 1. The lowest BCUT2D eigenvalue weighted by Gasteiger charge is -2.18. The predicted molar refractivity (Wildman–Crippen MR) is 106 cm³/mol. The van der Waals surface area contributed by atoms with Gasteiger partial charge in [0.05, 0.1) is 11.6 Å². The molecule has 0 aliphatic heterocycles. The number of hydrogen-bond acceptors (Lipinski definition) is 5. The Morgan fingerprint density at radius 1 is 1.11 bits per heavy atom. The molecule has 2 atom stereocenters. The van der Waals surface area contributed by atoms with Crippen molar-refractivity contribution in [2.24, 2.45) is 0 Å². The quantitative estimate of drug-likeness (QED) is 0.713. The van der Waals surface area contributed by atoms with Crippen LogP contribution in [0, 0.1) is 19.7 Å². The van der Waals surface area contributed by atoms with Crippen LogP contribution < -0.4 is 10.6 Å². The third-order valence-corrected chi connectivity index (χ3v) is 5.38. The van der Waals surface area contributed by atoms with Crippen molar-refractivity contribution in [1.29, 1.82) is 0 Å². The number of esters is 1. The summed E-state index contributed by atoms with van der Waals surface area (Å²) in [6.45, 7) is 8.17. The van der Waals surface area contributed by atoms with Crippen molar-refractivity contribution in [3.05, 3.63) is 51.7 Å². The number of halogens is 1. The van der Waals surface area contributed by atoms with E-state index in [1.165, 1.54) is 37.3 Å². The van der Waals surface area contributed by atoms with Gasteiger partial charge in [0.1, 0.15) is 10.8 Å². The standard InChI is InChI=1S/C20H23FN2O4S/c1-10-13(4)28-19(23-14(5)24)17(10)20(26)27-12(3)18(25)22-11(2)15-6-8-16(21)9-7-15/h6-9,11-12H,1-5H3,(H,22,25)(H,23,24)/t11-,12-/m1/s1. The van der Waals surface area contributed by atoms with Crippen molar-refractivity contribution in [2.75, 3.05) is 5.32 Å². The number of rotatable bonds is 6. The predicted octanol–water partition coefficient (Wildman–Crippen LogP) is 3.89.